The monoisotopic (exact) mass is 410 g/mol. The molecule has 0 radical (unpaired) electrons. The highest BCUT2D eigenvalue weighted by Crippen LogP contribution is 2.38. The number of amides is 2. The Balaban J connectivity index is 1.86. The van der Waals surface area contributed by atoms with Gasteiger partial charge in [-0.05, 0) is 30.5 Å². The van der Waals surface area contributed by atoms with E-state index in [1.165, 1.54) is 29.5 Å². The summed E-state index contributed by atoms with van der Waals surface area (Å²) in [6.07, 6.45) is 0. The lowest BCUT2D eigenvalue weighted by atomic mass is 10.3. The highest BCUT2D eigenvalue weighted by molar-refractivity contribution is 7.91. The zero-order chi connectivity index (χ0) is 19.4. The summed E-state index contributed by atoms with van der Waals surface area (Å²) < 4.78 is 36.9. The van der Waals surface area contributed by atoms with Crippen molar-refractivity contribution in [2.45, 2.75) is 17.1 Å². The average Bonchev–Trinajstić information content (AvgIpc) is 3.32. The number of fused-ring (bicyclic) bond motifs is 1. The molecular weight excluding hydrogens is 392 g/mol. The second-order valence-electron chi connectivity index (χ2n) is 5.63. The van der Waals surface area contributed by atoms with E-state index >= 15 is 0 Å². The maximum Gasteiger partial charge on any atom is 0.309 e. The smallest absolute Gasteiger partial charge is 0.309 e. The Morgan fingerprint density at radius 2 is 1.89 bits per heavy atom. The summed E-state index contributed by atoms with van der Waals surface area (Å²) in [5, 5.41) is 5.50. The number of carbonyl (C=O) groups is 2. The van der Waals surface area contributed by atoms with E-state index in [0.717, 1.165) is 0 Å². The summed E-state index contributed by atoms with van der Waals surface area (Å²) in [5.74, 6) is -0.847. The summed E-state index contributed by atoms with van der Waals surface area (Å²) >= 11 is 1.26. The van der Waals surface area contributed by atoms with Crippen LogP contribution in [0.2, 0.25) is 0 Å². The van der Waals surface area contributed by atoms with Gasteiger partial charge < -0.3 is 20.1 Å². The van der Waals surface area contributed by atoms with Gasteiger partial charge in [0.1, 0.15) is 5.25 Å². The highest BCUT2D eigenvalue weighted by atomic mass is 32.2. The first-order valence-corrected chi connectivity index (χ1v) is 10.6. The van der Waals surface area contributed by atoms with Crippen molar-refractivity contribution < 1.29 is 27.5 Å². The maximum atomic E-state index is 13.2. The SMILES string of the molecule is CCNC(=O)C(=O)NC[C@@H](c1cccs1)S(=O)(=O)c1ccc2c(c1)OCO2. The first-order valence-electron chi connectivity index (χ1n) is 8.16. The van der Waals surface area contributed by atoms with Crippen LogP contribution in [0.15, 0.2) is 40.6 Å². The van der Waals surface area contributed by atoms with E-state index in [1.54, 1.807) is 24.4 Å². The summed E-state index contributed by atoms with van der Waals surface area (Å²) in [6, 6.07) is 7.79. The summed E-state index contributed by atoms with van der Waals surface area (Å²) in [7, 11) is -3.85. The van der Waals surface area contributed by atoms with Gasteiger partial charge >= 0.3 is 11.8 Å². The fourth-order valence-corrected chi connectivity index (χ4v) is 5.36. The van der Waals surface area contributed by atoms with Gasteiger partial charge in [-0.1, -0.05) is 6.07 Å². The Kier molecular flexibility index (Phi) is 5.66. The predicted molar refractivity (Wildman–Crippen MR) is 98.5 cm³/mol. The average molecular weight is 410 g/mol. The first-order chi connectivity index (χ1) is 12.9. The molecule has 0 bridgehead atoms. The minimum atomic E-state index is -3.85. The molecule has 1 aromatic carbocycles. The Labute approximate surface area is 160 Å². The fourth-order valence-electron chi connectivity index (χ4n) is 2.56. The molecule has 8 nitrogen and oxygen atoms in total. The molecular formula is C17H18N2O6S2. The van der Waals surface area contributed by atoms with Crippen molar-refractivity contribution in [2.75, 3.05) is 19.9 Å². The Morgan fingerprint density at radius 3 is 2.59 bits per heavy atom. The van der Waals surface area contributed by atoms with Crippen molar-refractivity contribution in [3.05, 3.63) is 40.6 Å². The van der Waals surface area contributed by atoms with Crippen LogP contribution < -0.4 is 20.1 Å². The Morgan fingerprint density at radius 1 is 1.15 bits per heavy atom. The van der Waals surface area contributed by atoms with Gasteiger partial charge in [0.05, 0.1) is 4.90 Å². The van der Waals surface area contributed by atoms with Gasteiger partial charge in [0, 0.05) is 24.0 Å². The number of nitrogens with one attached hydrogen (secondary N) is 2. The number of ether oxygens (including phenoxy) is 2. The molecule has 0 spiro atoms. The highest BCUT2D eigenvalue weighted by Gasteiger charge is 2.32. The van der Waals surface area contributed by atoms with Gasteiger partial charge in [0.25, 0.3) is 0 Å². The second-order valence-corrected chi connectivity index (χ2v) is 8.74. The van der Waals surface area contributed by atoms with Gasteiger partial charge in [-0.15, -0.1) is 11.3 Å². The predicted octanol–water partition coefficient (Wildman–Crippen LogP) is 1.24. The first kappa shape index (κ1) is 19.2. The molecule has 0 saturated heterocycles. The van der Waals surface area contributed by atoms with E-state index in [-0.39, 0.29) is 18.2 Å². The minimum Gasteiger partial charge on any atom is -0.454 e. The third-order valence-electron chi connectivity index (χ3n) is 3.90. The minimum absolute atomic E-state index is 0.0375. The number of carbonyl (C=O) groups excluding carboxylic acids is 2. The Hall–Kier alpha value is -2.59. The van der Waals surface area contributed by atoms with Crippen LogP contribution in [0.3, 0.4) is 0 Å². The number of sulfone groups is 1. The van der Waals surface area contributed by atoms with Crippen LogP contribution in [0.5, 0.6) is 11.5 Å². The molecule has 144 valence electrons. The van der Waals surface area contributed by atoms with Crippen LogP contribution in [-0.4, -0.2) is 40.1 Å². The zero-order valence-electron chi connectivity index (χ0n) is 14.4. The lowest BCUT2D eigenvalue weighted by Crippen LogP contribution is -2.42. The van der Waals surface area contributed by atoms with Gasteiger partial charge in [0.2, 0.25) is 6.79 Å². The largest absolute Gasteiger partial charge is 0.454 e. The summed E-state index contributed by atoms with van der Waals surface area (Å²) in [5.41, 5.74) is 0. The van der Waals surface area contributed by atoms with Crippen molar-refractivity contribution in [2.24, 2.45) is 0 Å². The van der Waals surface area contributed by atoms with Gasteiger partial charge in [-0.2, -0.15) is 0 Å². The summed E-state index contributed by atoms with van der Waals surface area (Å²) in [6.45, 7) is 1.79. The topological polar surface area (TPSA) is 111 Å². The van der Waals surface area contributed by atoms with Gasteiger partial charge in [0.15, 0.2) is 21.3 Å². The normalized spacial score (nSPS) is 13.8. The van der Waals surface area contributed by atoms with Gasteiger partial charge in [-0.25, -0.2) is 8.42 Å². The van der Waals surface area contributed by atoms with Crippen LogP contribution >= 0.6 is 11.3 Å². The van der Waals surface area contributed by atoms with Gasteiger partial charge in [-0.3, -0.25) is 9.59 Å². The van der Waals surface area contributed by atoms with Crippen molar-refractivity contribution in [1.29, 1.82) is 0 Å². The van der Waals surface area contributed by atoms with E-state index < -0.39 is 26.9 Å². The molecule has 3 rings (SSSR count). The standard InChI is InChI=1S/C17H18N2O6S2/c1-2-18-16(20)17(21)19-9-15(14-4-3-7-26-14)27(22,23)11-5-6-12-13(8-11)25-10-24-12/h3-8,15H,2,9-10H2,1H3,(H,18,20)(H,19,21)/t15-/m0/s1. The molecule has 0 aliphatic carbocycles. The number of benzene rings is 1. The molecule has 2 N–H and O–H groups in total. The van der Waals surface area contributed by atoms with Crippen LogP contribution in [0.1, 0.15) is 17.1 Å². The second kappa shape index (κ2) is 7.97. The lowest BCUT2D eigenvalue weighted by molar-refractivity contribution is -0.139. The lowest BCUT2D eigenvalue weighted by Gasteiger charge is -2.17. The van der Waals surface area contributed by atoms with Crippen molar-refractivity contribution in [3.8, 4) is 11.5 Å². The maximum absolute atomic E-state index is 13.2. The quantitative estimate of drug-likeness (QED) is 0.694. The number of rotatable bonds is 6. The van der Waals surface area contributed by atoms with Crippen LogP contribution in [0.4, 0.5) is 0 Å². The third kappa shape index (κ3) is 4.06. The van der Waals surface area contributed by atoms with Crippen molar-refractivity contribution >= 4 is 33.0 Å². The van der Waals surface area contributed by atoms with Crippen LogP contribution in [-0.2, 0) is 19.4 Å². The number of likely N-dealkylation sites (N-methyl/N-ethyl adjacent to an activating group) is 1. The zero-order valence-corrected chi connectivity index (χ0v) is 16.1. The summed E-state index contributed by atoms with van der Waals surface area (Å²) in [4.78, 5) is 24.1. The van der Waals surface area contributed by atoms with Crippen LogP contribution in [0.25, 0.3) is 0 Å². The third-order valence-corrected chi connectivity index (χ3v) is 7.12. The fraction of sp³-hybridized carbons (Fsp3) is 0.294. The molecule has 1 aromatic heterocycles. The van der Waals surface area contributed by atoms with E-state index in [9.17, 15) is 18.0 Å². The molecule has 10 heteroatoms. The number of thiophene rings is 1. The van der Waals surface area contributed by atoms with E-state index in [1.807, 2.05) is 0 Å². The molecule has 1 aliphatic rings. The molecule has 0 fully saturated rings. The molecule has 2 amide bonds. The number of hydrogen-bond acceptors (Lipinski definition) is 7. The van der Waals surface area contributed by atoms with Crippen molar-refractivity contribution in [1.82, 2.24) is 10.6 Å². The van der Waals surface area contributed by atoms with E-state index in [4.69, 9.17) is 9.47 Å². The molecule has 0 unspecified atom stereocenters. The van der Waals surface area contributed by atoms with E-state index in [0.29, 0.717) is 22.9 Å². The molecule has 1 aliphatic heterocycles. The molecule has 27 heavy (non-hydrogen) atoms. The van der Waals surface area contributed by atoms with Crippen molar-refractivity contribution in [3.63, 3.8) is 0 Å². The molecule has 2 heterocycles. The van der Waals surface area contributed by atoms with Crippen LogP contribution in [0, 0.1) is 0 Å². The Bertz CT molecular complexity index is 940. The number of hydrogen-bond donors (Lipinski definition) is 2. The van der Waals surface area contributed by atoms with E-state index in [2.05, 4.69) is 10.6 Å². The molecule has 0 saturated carbocycles. The molecule has 2 aromatic rings. The molecule has 1 atom stereocenters.